The molecule has 1 unspecified atom stereocenters. The fraction of sp³-hybridized carbons (Fsp3) is 0.200. The van der Waals surface area contributed by atoms with Gasteiger partial charge in [-0.05, 0) is 67.8 Å². The second-order valence-electron chi connectivity index (χ2n) is 7.87. The van der Waals surface area contributed by atoms with Crippen molar-refractivity contribution < 1.29 is 27.1 Å². The summed E-state index contributed by atoms with van der Waals surface area (Å²) in [7, 11) is -4.08. The van der Waals surface area contributed by atoms with Gasteiger partial charge in [-0.2, -0.15) is 0 Å². The van der Waals surface area contributed by atoms with E-state index >= 15 is 0 Å². The molecule has 1 aliphatic rings. The maximum Gasteiger partial charge on any atom is 0.341 e. The fourth-order valence-electron chi connectivity index (χ4n) is 3.82. The Morgan fingerprint density at radius 1 is 1.00 bits per heavy atom. The zero-order valence-electron chi connectivity index (χ0n) is 18.4. The van der Waals surface area contributed by atoms with E-state index in [4.69, 9.17) is 4.74 Å². The summed E-state index contributed by atoms with van der Waals surface area (Å²) in [6.07, 6.45) is 0.591. The molecule has 1 heterocycles. The molecule has 0 aromatic heterocycles. The molecule has 3 aromatic carbocycles. The highest BCUT2D eigenvalue weighted by Crippen LogP contribution is 2.28. The van der Waals surface area contributed by atoms with Crippen LogP contribution < -0.4 is 9.62 Å². The van der Waals surface area contributed by atoms with Gasteiger partial charge in [0.15, 0.2) is 6.10 Å². The van der Waals surface area contributed by atoms with E-state index in [1.807, 2.05) is 24.3 Å². The second-order valence-corrected chi connectivity index (χ2v) is 9.56. The lowest BCUT2D eigenvalue weighted by atomic mass is 10.0. The Kier molecular flexibility index (Phi) is 6.65. The quantitative estimate of drug-likeness (QED) is 0.533. The van der Waals surface area contributed by atoms with E-state index < -0.39 is 27.9 Å². The van der Waals surface area contributed by atoms with Crippen LogP contribution in [0.1, 0.15) is 29.3 Å². The molecule has 1 N–H and O–H groups in total. The summed E-state index contributed by atoms with van der Waals surface area (Å²) in [6.45, 7) is 2.01. The van der Waals surface area contributed by atoms with Crippen LogP contribution >= 0.6 is 0 Å². The lowest BCUT2D eigenvalue weighted by Gasteiger charge is -2.31. The third-order valence-corrected chi connectivity index (χ3v) is 6.90. The Morgan fingerprint density at radius 2 is 1.68 bits per heavy atom. The average molecular weight is 483 g/mol. The van der Waals surface area contributed by atoms with Crippen molar-refractivity contribution in [2.24, 2.45) is 0 Å². The number of sulfonamides is 1. The number of aryl methyl sites for hydroxylation is 1. The summed E-state index contributed by atoms with van der Waals surface area (Å²) in [5, 5.41) is 0. The van der Waals surface area contributed by atoms with E-state index in [-0.39, 0.29) is 22.1 Å². The summed E-state index contributed by atoms with van der Waals surface area (Å²) in [5.74, 6) is -1.77. The largest absolute Gasteiger partial charge is 0.449 e. The Morgan fingerprint density at radius 3 is 2.44 bits per heavy atom. The Hall–Kier alpha value is -3.72. The Bertz CT molecular complexity index is 1330. The van der Waals surface area contributed by atoms with Crippen LogP contribution in [0.5, 0.6) is 0 Å². The summed E-state index contributed by atoms with van der Waals surface area (Å²) in [6, 6.07) is 17.8. The summed E-state index contributed by atoms with van der Waals surface area (Å²) in [5.41, 5.74) is 1.79. The molecule has 176 valence electrons. The number of carbonyl (C=O) groups excluding carboxylic acids is 2. The van der Waals surface area contributed by atoms with E-state index in [0.717, 1.165) is 48.4 Å². The number of para-hydroxylation sites is 2. The summed E-state index contributed by atoms with van der Waals surface area (Å²) >= 11 is 0. The minimum atomic E-state index is -4.08. The number of hydrogen-bond donors (Lipinski definition) is 1. The SMILES string of the molecule is CC(OC(=O)c1ccccc1NS(=O)(=O)c1ccc(F)cc1)C(=O)N1CCCc2ccccc21. The first-order valence-electron chi connectivity index (χ1n) is 10.7. The van der Waals surface area contributed by atoms with Crippen LogP contribution in [0, 0.1) is 5.82 Å². The molecule has 0 fully saturated rings. The minimum absolute atomic E-state index is 0.0141. The molecule has 4 rings (SSSR count). The third kappa shape index (κ3) is 4.94. The molecule has 0 radical (unpaired) electrons. The minimum Gasteiger partial charge on any atom is -0.449 e. The molecule has 1 amide bonds. The number of hydrogen-bond acceptors (Lipinski definition) is 5. The third-order valence-electron chi connectivity index (χ3n) is 5.52. The first-order chi connectivity index (χ1) is 16.3. The number of anilines is 2. The molecule has 0 spiro atoms. The number of nitrogens with zero attached hydrogens (tertiary/aromatic N) is 1. The number of fused-ring (bicyclic) bond motifs is 1. The second kappa shape index (κ2) is 9.64. The number of carbonyl (C=O) groups is 2. The fourth-order valence-corrected chi connectivity index (χ4v) is 4.90. The normalized spacial score (nSPS) is 14.1. The predicted octanol–water partition coefficient (Wildman–Crippen LogP) is 4.15. The van der Waals surface area contributed by atoms with Crippen LogP contribution in [0.25, 0.3) is 0 Å². The van der Waals surface area contributed by atoms with Crippen LogP contribution in [-0.4, -0.2) is 32.9 Å². The topological polar surface area (TPSA) is 92.8 Å². The number of ether oxygens (including phenoxy) is 1. The van der Waals surface area contributed by atoms with Crippen LogP contribution in [0.4, 0.5) is 15.8 Å². The van der Waals surface area contributed by atoms with Gasteiger partial charge in [0.05, 0.1) is 16.1 Å². The van der Waals surface area contributed by atoms with E-state index in [0.29, 0.717) is 6.54 Å². The highest BCUT2D eigenvalue weighted by atomic mass is 32.2. The predicted molar refractivity (Wildman–Crippen MR) is 126 cm³/mol. The highest BCUT2D eigenvalue weighted by Gasteiger charge is 2.29. The molecule has 34 heavy (non-hydrogen) atoms. The van der Waals surface area contributed by atoms with Crippen LogP contribution in [0.3, 0.4) is 0 Å². The van der Waals surface area contributed by atoms with Gasteiger partial charge in [-0.1, -0.05) is 30.3 Å². The van der Waals surface area contributed by atoms with Crippen molar-refractivity contribution in [2.45, 2.75) is 30.8 Å². The Balaban J connectivity index is 1.51. The maximum absolute atomic E-state index is 13.2. The summed E-state index contributed by atoms with van der Waals surface area (Å²) in [4.78, 5) is 27.4. The highest BCUT2D eigenvalue weighted by molar-refractivity contribution is 7.92. The van der Waals surface area contributed by atoms with Gasteiger partial charge < -0.3 is 9.64 Å². The lowest BCUT2D eigenvalue weighted by molar-refractivity contribution is -0.126. The number of benzene rings is 3. The molecule has 3 aromatic rings. The van der Waals surface area contributed by atoms with E-state index in [9.17, 15) is 22.4 Å². The van der Waals surface area contributed by atoms with E-state index in [1.165, 1.54) is 19.1 Å². The number of halogens is 1. The number of esters is 1. The van der Waals surface area contributed by atoms with Crippen molar-refractivity contribution in [3.8, 4) is 0 Å². The first kappa shape index (κ1) is 23.4. The van der Waals surface area contributed by atoms with E-state index in [2.05, 4.69) is 4.72 Å². The summed E-state index contributed by atoms with van der Waals surface area (Å²) < 4.78 is 46.3. The molecule has 0 aliphatic carbocycles. The van der Waals surface area contributed by atoms with Crippen molar-refractivity contribution in [1.82, 2.24) is 0 Å². The van der Waals surface area contributed by atoms with Crippen molar-refractivity contribution in [3.05, 3.63) is 89.7 Å². The van der Waals surface area contributed by atoms with Gasteiger partial charge >= 0.3 is 5.97 Å². The van der Waals surface area contributed by atoms with Gasteiger partial charge in [0, 0.05) is 12.2 Å². The maximum atomic E-state index is 13.2. The molecule has 1 atom stereocenters. The molecule has 0 bridgehead atoms. The lowest BCUT2D eigenvalue weighted by Crippen LogP contribution is -2.42. The van der Waals surface area contributed by atoms with Crippen molar-refractivity contribution >= 4 is 33.3 Å². The standard InChI is InChI=1S/C25H23FN2O5S/c1-17(24(29)28-16-6-8-18-7-2-5-11-23(18)28)33-25(30)21-9-3-4-10-22(21)27-34(31,32)20-14-12-19(26)13-15-20/h2-5,7,9-15,17,27H,6,8,16H2,1H3. The van der Waals surface area contributed by atoms with Gasteiger partial charge in [0.1, 0.15) is 5.82 Å². The van der Waals surface area contributed by atoms with Gasteiger partial charge in [-0.3, -0.25) is 9.52 Å². The molecule has 9 heteroatoms. The van der Waals surface area contributed by atoms with Gasteiger partial charge in [-0.15, -0.1) is 0 Å². The Labute approximate surface area is 197 Å². The van der Waals surface area contributed by atoms with Crippen LogP contribution in [0.15, 0.2) is 77.7 Å². The molecular weight excluding hydrogens is 459 g/mol. The monoisotopic (exact) mass is 482 g/mol. The molecular formula is C25H23FN2O5S. The van der Waals surface area contributed by atoms with E-state index in [1.54, 1.807) is 17.0 Å². The van der Waals surface area contributed by atoms with Gasteiger partial charge in [-0.25, -0.2) is 17.6 Å². The van der Waals surface area contributed by atoms with Gasteiger partial charge in [0.25, 0.3) is 15.9 Å². The molecule has 7 nitrogen and oxygen atoms in total. The zero-order chi connectivity index (χ0) is 24.3. The molecule has 0 saturated carbocycles. The molecule has 0 saturated heterocycles. The van der Waals surface area contributed by atoms with Crippen LogP contribution in [0.2, 0.25) is 0 Å². The van der Waals surface area contributed by atoms with Crippen molar-refractivity contribution in [3.63, 3.8) is 0 Å². The number of nitrogens with one attached hydrogen (secondary N) is 1. The smallest absolute Gasteiger partial charge is 0.341 e. The van der Waals surface area contributed by atoms with Crippen molar-refractivity contribution in [2.75, 3.05) is 16.2 Å². The van der Waals surface area contributed by atoms with Crippen molar-refractivity contribution in [1.29, 1.82) is 0 Å². The zero-order valence-corrected chi connectivity index (χ0v) is 19.2. The van der Waals surface area contributed by atoms with Gasteiger partial charge in [0.2, 0.25) is 0 Å². The first-order valence-corrected chi connectivity index (χ1v) is 12.2. The number of rotatable bonds is 6. The number of amides is 1. The average Bonchev–Trinajstić information content (AvgIpc) is 2.83. The molecule has 1 aliphatic heterocycles. The van der Waals surface area contributed by atoms with Crippen LogP contribution in [-0.2, 0) is 26.0 Å².